The van der Waals surface area contributed by atoms with E-state index in [1.807, 2.05) is 20.8 Å². The predicted octanol–water partition coefficient (Wildman–Crippen LogP) is 2.88. The van der Waals surface area contributed by atoms with Gasteiger partial charge in [-0.3, -0.25) is 4.79 Å². The van der Waals surface area contributed by atoms with Crippen molar-refractivity contribution in [3.05, 3.63) is 5.82 Å². The summed E-state index contributed by atoms with van der Waals surface area (Å²) in [5.41, 5.74) is 0.00192. The van der Waals surface area contributed by atoms with Gasteiger partial charge in [-0.05, 0) is 26.7 Å². The fourth-order valence-corrected chi connectivity index (χ4v) is 3.38. The molecule has 0 spiro atoms. The molecule has 1 heterocycles. The van der Waals surface area contributed by atoms with Crippen molar-refractivity contribution in [2.75, 3.05) is 0 Å². The van der Waals surface area contributed by atoms with E-state index in [-0.39, 0.29) is 34.6 Å². The third kappa shape index (κ3) is 2.45. The molecule has 118 valence electrons. The molecule has 0 aromatic carbocycles. The van der Waals surface area contributed by atoms with E-state index in [4.69, 9.17) is 0 Å². The molecule has 1 fully saturated rings. The van der Waals surface area contributed by atoms with Crippen molar-refractivity contribution in [3.63, 3.8) is 0 Å². The molecule has 0 aliphatic heterocycles. The highest BCUT2D eigenvalue weighted by Gasteiger charge is 2.67. The Hall–Kier alpha value is -1.46. The van der Waals surface area contributed by atoms with Crippen molar-refractivity contribution >= 4 is 5.97 Å². The molecule has 1 atom stereocenters. The number of carbonyl (C=O) groups is 1. The van der Waals surface area contributed by atoms with Gasteiger partial charge in [0.1, 0.15) is 0 Å². The van der Waals surface area contributed by atoms with Gasteiger partial charge < -0.3 is 5.11 Å². The molecule has 0 radical (unpaired) electrons. The Bertz CT molecular complexity index is 540. The second-order valence-electron chi connectivity index (χ2n) is 8.34. The van der Waals surface area contributed by atoms with Crippen LogP contribution in [0.25, 0.3) is 0 Å². The number of aliphatic carboxylic acids is 1. The minimum atomic E-state index is -0.828. The van der Waals surface area contributed by atoms with Gasteiger partial charge in [0, 0.05) is 5.92 Å². The summed E-state index contributed by atoms with van der Waals surface area (Å²) in [6.07, 6.45) is 0.0229. The van der Waals surface area contributed by atoms with E-state index in [1.54, 1.807) is 4.68 Å². The van der Waals surface area contributed by atoms with Crippen LogP contribution in [0.3, 0.4) is 0 Å². The van der Waals surface area contributed by atoms with Crippen molar-refractivity contribution in [2.45, 2.75) is 66.8 Å². The molecule has 1 N–H and O–H groups in total. The van der Waals surface area contributed by atoms with E-state index >= 15 is 0 Å². The molecular weight excluding hydrogens is 268 g/mol. The molecule has 1 aromatic heterocycles. The lowest BCUT2D eigenvalue weighted by atomic mass is 9.84. The highest BCUT2D eigenvalue weighted by Crippen LogP contribution is 2.73. The number of rotatable bonds is 4. The normalized spacial score (nSPS) is 22.0. The largest absolute Gasteiger partial charge is 0.481 e. The van der Waals surface area contributed by atoms with Crippen LogP contribution in [0.4, 0.5) is 0 Å². The van der Waals surface area contributed by atoms with E-state index in [9.17, 15) is 9.90 Å². The maximum atomic E-state index is 11.2. The molecule has 6 nitrogen and oxygen atoms in total. The summed E-state index contributed by atoms with van der Waals surface area (Å²) in [6.45, 7) is 14.9. The van der Waals surface area contributed by atoms with Gasteiger partial charge in [-0.1, -0.05) is 48.5 Å². The van der Waals surface area contributed by atoms with Crippen LogP contribution in [0, 0.1) is 16.2 Å². The Morgan fingerprint density at radius 1 is 1.29 bits per heavy atom. The summed E-state index contributed by atoms with van der Waals surface area (Å²) in [5.74, 6) is 0.232. The quantitative estimate of drug-likeness (QED) is 0.923. The van der Waals surface area contributed by atoms with Crippen LogP contribution < -0.4 is 0 Å². The van der Waals surface area contributed by atoms with Crippen LogP contribution in [-0.2, 0) is 4.79 Å². The van der Waals surface area contributed by atoms with E-state index in [2.05, 4.69) is 43.2 Å². The molecular formula is C15H26N4O2. The van der Waals surface area contributed by atoms with E-state index < -0.39 is 5.97 Å². The average Bonchev–Trinajstić information content (AvgIpc) is 2.65. The zero-order valence-electron chi connectivity index (χ0n) is 14.0. The van der Waals surface area contributed by atoms with Gasteiger partial charge in [0.05, 0.1) is 12.5 Å². The molecule has 6 heteroatoms. The first-order chi connectivity index (χ1) is 9.40. The van der Waals surface area contributed by atoms with Gasteiger partial charge in [0.15, 0.2) is 5.82 Å². The molecule has 1 aromatic rings. The minimum Gasteiger partial charge on any atom is -0.481 e. The maximum Gasteiger partial charge on any atom is 0.305 e. The highest BCUT2D eigenvalue weighted by molar-refractivity contribution is 5.67. The molecule has 21 heavy (non-hydrogen) atoms. The summed E-state index contributed by atoms with van der Waals surface area (Å²) in [5, 5.41) is 21.4. The summed E-state index contributed by atoms with van der Waals surface area (Å²) in [6, 6.07) is -0.257. The van der Waals surface area contributed by atoms with Crippen LogP contribution in [0.15, 0.2) is 0 Å². The molecule has 1 aliphatic carbocycles. The molecule has 0 saturated heterocycles. The summed E-state index contributed by atoms with van der Waals surface area (Å²) >= 11 is 0. The third-order valence-electron chi connectivity index (χ3n) is 5.46. The standard InChI is InChI=1S/C15H26N4O2/c1-13(2,3)9(8-10(20)21)19-12(16-17-18-19)11-14(4,5)15(11,6)7/h9,11H,8H2,1-7H3,(H,20,21). The number of carboxylic acid groups (broad SMARTS) is 1. The van der Waals surface area contributed by atoms with Crippen LogP contribution in [-0.4, -0.2) is 31.3 Å². The van der Waals surface area contributed by atoms with Gasteiger partial charge in [0.25, 0.3) is 0 Å². The van der Waals surface area contributed by atoms with Gasteiger partial charge in [-0.15, -0.1) is 5.10 Å². The van der Waals surface area contributed by atoms with E-state index in [1.165, 1.54) is 0 Å². The zero-order chi connectivity index (χ0) is 16.2. The van der Waals surface area contributed by atoms with Crippen molar-refractivity contribution in [2.24, 2.45) is 16.2 Å². The zero-order valence-corrected chi connectivity index (χ0v) is 14.0. The molecule has 2 rings (SSSR count). The van der Waals surface area contributed by atoms with E-state index in [0.29, 0.717) is 0 Å². The van der Waals surface area contributed by atoms with Gasteiger partial charge in [-0.25, -0.2) is 4.68 Å². The lowest BCUT2D eigenvalue weighted by Crippen LogP contribution is -2.29. The second-order valence-corrected chi connectivity index (χ2v) is 8.34. The number of aromatic nitrogens is 4. The third-order valence-corrected chi connectivity index (χ3v) is 5.46. The Kier molecular flexibility index (Phi) is 3.42. The Labute approximate surface area is 125 Å². The lowest BCUT2D eigenvalue weighted by Gasteiger charge is -2.30. The molecule has 0 amide bonds. The molecule has 1 saturated carbocycles. The summed E-state index contributed by atoms with van der Waals surface area (Å²) in [4.78, 5) is 11.2. The Morgan fingerprint density at radius 3 is 2.19 bits per heavy atom. The van der Waals surface area contributed by atoms with Gasteiger partial charge in [0.2, 0.25) is 0 Å². The van der Waals surface area contributed by atoms with Crippen LogP contribution in [0.1, 0.15) is 72.7 Å². The molecule has 1 aliphatic rings. The first-order valence-electron chi connectivity index (χ1n) is 7.40. The van der Waals surface area contributed by atoms with Crippen molar-refractivity contribution in [1.82, 2.24) is 20.2 Å². The first-order valence-corrected chi connectivity index (χ1v) is 7.40. The number of tetrazole rings is 1. The molecule has 1 unspecified atom stereocenters. The number of hydrogen-bond donors (Lipinski definition) is 1. The SMILES string of the molecule is CC(C)(C)C(CC(=O)O)n1nnnc1C1C(C)(C)C1(C)C. The molecule has 0 bridgehead atoms. The van der Waals surface area contributed by atoms with Crippen LogP contribution in [0.2, 0.25) is 0 Å². The first kappa shape index (κ1) is 15.9. The minimum absolute atomic E-state index is 0.0229. The summed E-state index contributed by atoms with van der Waals surface area (Å²) < 4.78 is 1.75. The smallest absolute Gasteiger partial charge is 0.305 e. The average molecular weight is 294 g/mol. The Morgan fingerprint density at radius 2 is 1.81 bits per heavy atom. The topological polar surface area (TPSA) is 80.9 Å². The van der Waals surface area contributed by atoms with E-state index in [0.717, 1.165) is 5.82 Å². The van der Waals surface area contributed by atoms with Crippen molar-refractivity contribution in [1.29, 1.82) is 0 Å². The number of hydrogen-bond acceptors (Lipinski definition) is 4. The maximum absolute atomic E-state index is 11.2. The Balaban J connectivity index is 2.42. The van der Waals surface area contributed by atoms with Gasteiger partial charge in [-0.2, -0.15) is 0 Å². The predicted molar refractivity (Wildman–Crippen MR) is 78.9 cm³/mol. The van der Waals surface area contributed by atoms with Crippen molar-refractivity contribution < 1.29 is 9.90 Å². The van der Waals surface area contributed by atoms with Crippen LogP contribution >= 0.6 is 0 Å². The van der Waals surface area contributed by atoms with Crippen LogP contribution in [0.5, 0.6) is 0 Å². The summed E-state index contributed by atoms with van der Waals surface area (Å²) in [7, 11) is 0. The lowest BCUT2D eigenvalue weighted by molar-refractivity contribution is -0.138. The fourth-order valence-electron chi connectivity index (χ4n) is 3.38. The monoisotopic (exact) mass is 294 g/mol. The second kappa shape index (κ2) is 4.52. The highest BCUT2D eigenvalue weighted by atomic mass is 16.4. The van der Waals surface area contributed by atoms with Crippen molar-refractivity contribution in [3.8, 4) is 0 Å². The van der Waals surface area contributed by atoms with Gasteiger partial charge >= 0.3 is 5.97 Å². The fraction of sp³-hybridized carbons (Fsp3) is 0.867. The number of carboxylic acids is 1. The number of nitrogens with zero attached hydrogens (tertiary/aromatic N) is 4.